The monoisotopic (exact) mass is 302 g/mol. The molecular formula is C11H15BrN2O3. The lowest BCUT2D eigenvalue weighted by Crippen LogP contribution is -2.39. The molecule has 1 atom stereocenters. The van der Waals surface area contributed by atoms with Crippen LogP contribution in [0.25, 0.3) is 0 Å². The standard InChI is InChI=1S/C11H15BrN2O3/c1-6(2)14-5-8(12)4-9(14)10(15)13-7(3)11(16)17/h4-7H,1-3H3,(H,13,15)(H,16,17). The van der Waals surface area contributed by atoms with Crippen molar-refractivity contribution in [2.75, 3.05) is 0 Å². The Morgan fingerprint density at radius 3 is 2.47 bits per heavy atom. The molecule has 0 aliphatic carbocycles. The molecule has 1 amide bonds. The molecule has 2 N–H and O–H groups in total. The van der Waals surface area contributed by atoms with Gasteiger partial charge in [0.2, 0.25) is 0 Å². The minimum Gasteiger partial charge on any atom is -0.480 e. The van der Waals surface area contributed by atoms with E-state index in [4.69, 9.17) is 5.11 Å². The zero-order valence-corrected chi connectivity index (χ0v) is 11.5. The Labute approximate surface area is 108 Å². The van der Waals surface area contributed by atoms with E-state index < -0.39 is 12.0 Å². The highest BCUT2D eigenvalue weighted by Gasteiger charge is 2.19. The molecule has 1 heterocycles. The Morgan fingerprint density at radius 1 is 1.41 bits per heavy atom. The summed E-state index contributed by atoms with van der Waals surface area (Å²) in [6.07, 6.45) is 1.80. The molecule has 0 bridgehead atoms. The van der Waals surface area contributed by atoms with Gasteiger partial charge in [0.15, 0.2) is 0 Å². The van der Waals surface area contributed by atoms with Crippen molar-refractivity contribution in [3.8, 4) is 0 Å². The van der Waals surface area contributed by atoms with E-state index in [1.807, 2.05) is 13.8 Å². The molecule has 0 saturated heterocycles. The van der Waals surface area contributed by atoms with Crippen LogP contribution in [0.1, 0.15) is 37.3 Å². The number of aliphatic carboxylic acids is 1. The summed E-state index contributed by atoms with van der Waals surface area (Å²) in [4.78, 5) is 22.5. The number of rotatable bonds is 4. The molecule has 1 aromatic heterocycles. The van der Waals surface area contributed by atoms with E-state index in [0.29, 0.717) is 5.69 Å². The van der Waals surface area contributed by atoms with Crippen LogP contribution in [0.5, 0.6) is 0 Å². The predicted molar refractivity (Wildman–Crippen MR) is 67.1 cm³/mol. The van der Waals surface area contributed by atoms with Crippen molar-refractivity contribution >= 4 is 27.8 Å². The average Bonchev–Trinajstić information content (AvgIpc) is 2.60. The zero-order chi connectivity index (χ0) is 13.2. The largest absolute Gasteiger partial charge is 0.480 e. The highest BCUT2D eigenvalue weighted by atomic mass is 79.9. The highest BCUT2D eigenvalue weighted by molar-refractivity contribution is 9.10. The third-order valence-electron chi connectivity index (χ3n) is 2.32. The Balaban J connectivity index is 2.92. The zero-order valence-electron chi connectivity index (χ0n) is 9.90. The average molecular weight is 303 g/mol. The Hall–Kier alpha value is -1.30. The van der Waals surface area contributed by atoms with Crippen molar-refractivity contribution in [1.82, 2.24) is 9.88 Å². The van der Waals surface area contributed by atoms with Crippen LogP contribution in [-0.4, -0.2) is 27.6 Å². The third-order valence-corrected chi connectivity index (χ3v) is 2.76. The first-order valence-corrected chi connectivity index (χ1v) is 6.03. The quantitative estimate of drug-likeness (QED) is 0.894. The van der Waals surface area contributed by atoms with Crippen LogP contribution in [0.4, 0.5) is 0 Å². The van der Waals surface area contributed by atoms with Crippen molar-refractivity contribution in [2.24, 2.45) is 0 Å². The lowest BCUT2D eigenvalue weighted by molar-refractivity contribution is -0.138. The summed E-state index contributed by atoms with van der Waals surface area (Å²) in [6, 6.07) is 0.892. The molecule has 0 spiro atoms. The summed E-state index contributed by atoms with van der Waals surface area (Å²) in [7, 11) is 0. The van der Waals surface area contributed by atoms with Crippen LogP contribution in [0.3, 0.4) is 0 Å². The second kappa shape index (κ2) is 5.35. The SMILES string of the molecule is CC(NC(=O)c1cc(Br)cn1C(C)C)C(=O)O. The summed E-state index contributed by atoms with van der Waals surface area (Å²) in [5.74, 6) is -1.45. The molecule has 0 aliphatic rings. The second-order valence-corrected chi connectivity index (χ2v) is 4.99. The van der Waals surface area contributed by atoms with E-state index in [1.165, 1.54) is 6.92 Å². The van der Waals surface area contributed by atoms with E-state index in [1.54, 1.807) is 16.8 Å². The van der Waals surface area contributed by atoms with E-state index in [2.05, 4.69) is 21.2 Å². The molecule has 0 aliphatic heterocycles. The first kappa shape index (κ1) is 13.8. The smallest absolute Gasteiger partial charge is 0.325 e. The number of halogens is 1. The van der Waals surface area contributed by atoms with Crippen molar-refractivity contribution in [3.63, 3.8) is 0 Å². The van der Waals surface area contributed by atoms with Crippen LogP contribution < -0.4 is 5.32 Å². The maximum Gasteiger partial charge on any atom is 0.325 e. The maximum atomic E-state index is 11.9. The number of hydrogen-bond acceptors (Lipinski definition) is 2. The Bertz CT molecular complexity index is 440. The molecule has 17 heavy (non-hydrogen) atoms. The van der Waals surface area contributed by atoms with Gasteiger partial charge in [-0.15, -0.1) is 0 Å². The molecule has 0 fully saturated rings. The van der Waals surface area contributed by atoms with E-state index in [9.17, 15) is 9.59 Å². The fourth-order valence-electron chi connectivity index (χ4n) is 1.39. The number of carboxylic acid groups (broad SMARTS) is 1. The van der Waals surface area contributed by atoms with Crippen molar-refractivity contribution in [2.45, 2.75) is 32.9 Å². The van der Waals surface area contributed by atoms with Crippen LogP contribution in [-0.2, 0) is 4.79 Å². The summed E-state index contributed by atoms with van der Waals surface area (Å²) in [5.41, 5.74) is 0.444. The molecule has 94 valence electrons. The summed E-state index contributed by atoms with van der Waals surface area (Å²) >= 11 is 3.30. The van der Waals surface area contributed by atoms with Gasteiger partial charge in [-0.1, -0.05) is 0 Å². The fourth-order valence-corrected chi connectivity index (χ4v) is 1.82. The van der Waals surface area contributed by atoms with E-state index in [-0.39, 0.29) is 11.9 Å². The van der Waals surface area contributed by atoms with Gasteiger partial charge in [0.25, 0.3) is 5.91 Å². The topological polar surface area (TPSA) is 71.3 Å². The number of nitrogens with zero attached hydrogens (tertiary/aromatic N) is 1. The van der Waals surface area contributed by atoms with Crippen molar-refractivity contribution in [3.05, 3.63) is 22.4 Å². The molecule has 1 aromatic rings. The molecule has 1 rings (SSSR count). The molecular weight excluding hydrogens is 288 g/mol. The number of amides is 1. The number of carboxylic acids is 1. The molecule has 5 nitrogen and oxygen atoms in total. The first-order chi connectivity index (χ1) is 7.82. The van der Waals surface area contributed by atoms with Crippen LogP contribution in [0.2, 0.25) is 0 Å². The minimum absolute atomic E-state index is 0.127. The van der Waals surface area contributed by atoms with Gasteiger partial charge in [0, 0.05) is 16.7 Å². The molecule has 0 saturated carbocycles. The van der Waals surface area contributed by atoms with Gasteiger partial charge in [-0.3, -0.25) is 9.59 Å². The molecule has 6 heteroatoms. The normalized spacial score (nSPS) is 12.5. The Kier molecular flexibility index (Phi) is 4.34. The predicted octanol–water partition coefficient (Wildman–Crippen LogP) is 2.03. The fraction of sp³-hybridized carbons (Fsp3) is 0.455. The van der Waals surface area contributed by atoms with Gasteiger partial charge in [-0.25, -0.2) is 0 Å². The van der Waals surface area contributed by atoms with Gasteiger partial charge < -0.3 is 15.0 Å². The maximum absolute atomic E-state index is 11.9. The van der Waals surface area contributed by atoms with Gasteiger partial charge in [0.05, 0.1) is 0 Å². The number of hydrogen-bond donors (Lipinski definition) is 2. The molecule has 0 radical (unpaired) electrons. The number of carbonyl (C=O) groups is 2. The summed E-state index contributed by atoms with van der Waals surface area (Å²) < 4.78 is 2.58. The van der Waals surface area contributed by atoms with Crippen LogP contribution >= 0.6 is 15.9 Å². The number of aromatic nitrogens is 1. The first-order valence-electron chi connectivity index (χ1n) is 5.24. The van der Waals surface area contributed by atoms with Gasteiger partial charge in [-0.05, 0) is 42.8 Å². The minimum atomic E-state index is -1.06. The lowest BCUT2D eigenvalue weighted by atomic mass is 10.3. The third kappa shape index (κ3) is 3.33. The number of nitrogens with one attached hydrogen (secondary N) is 1. The van der Waals surface area contributed by atoms with Crippen LogP contribution in [0, 0.1) is 0 Å². The van der Waals surface area contributed by atoms with E-state index >= 15 is 0 Å². The lowest BCUT2D eigenvalue weighted by Gasteiger charge is -2.14. The van der Waals surface area contributed by atoms with Crippen LogP contribution in [0.15, 0.2) is 16.7 Å². The van der Waals surface area contributed by atoms with Crippen molar-refractivity contribution < 1.29 is 14.7 Å². The van der Waals surface area contributed by atoms with Gasteiger partial charge in [-0.2, -0.15) is 0 Å². The summed E-state index contributed by atoms with van der Waals surface area (Å²) in [6.45, 7) is 5.33. The second-order valence-electron chi connectivity index (χ2n) is 4.08. The molecule has 0 aromatic carbocycles. The van der Waals surface area contributed by atoms with Gasteiger partial charge >= 0.3 is 5.97 Å². The highest BCUT2D eigenvalue weighted by Crippen LogP contribution is 2.19. The van der Waals surface area contributed by atoms with Gasteiger partial charge in [0.1, 0.15) is 11.7 Å². The Morgan fingerprint density at radius 2 is 2.00 bits per heavy atom. The van der Waals surface area contributed by atoms with E-state index in [0.717, 1.165) is 4.47 Å². The summed E-state index contributed by atoms with van der Waals surface area (Å²) in [5, 5.41) is 11.2. The number of carbonyl (C=O) groups excluding carboxylic acids is 1. The van der Waals surface area contributed by atoms with Crippen molar-refractivity contribution in [1.29, 1.82) is 0 Å². The molecule has 1 unspecified atom stereocenters.